The number of carbonyl (C=O) groups is 1. The van der Waals surface area contributed by atoms with Crippen molar-refractivity contribution in [1.29, 1.82) is 0 Å². The topological polar surface area (TPSA) is 104 Å². The zero-order valence-corrected chi connectivity index (χ0v) is 17.8. The monoisotopic (exact) mass is 485 g/mol. The van der Waals surface area contributed by atoms with Crippen molar-refractivity contribution in [3.63, 3.8) is 0 Å². The Morgan fingerprint density at radius 3 is 2.47 bits per heavy atom. The van der Waals surface area contributed by atoms with Gasteiger partial charge < -0.3 is 25.1 Å². The summed E-state index contributed by atoms with van der Waals surface area (Å²) >= 11 is 0. The molecule has 8 nitrogen and oxygen atoms in total. The van der Waals surface area contributed by atoms with Crippen LogP contribution in [-0.2, 0) is 0 Å². The Labute approximate surface area is 189 Å². The van der Waals surface area contributed by atoms with Crippen molar-refractivity contribution >= 4 is 28.6 Å². The predicted octanol–water partition coefficient (Wildman–Crippen LogP) is 4.20. The number of halogens is 5. The number of benzene rings is 1. The largest absolute Gasteiger partial charge is 0.455 e. The highest BCUT2D eigenvalue weighted by atomic mass is 19.4. The van der Waals surface area contributed by atoms with Crippen LogP contribution in [0, 0.1) is 18.6 Å². The molecule has 0 bridgehead atoms. The van der Waals surface area contributed by atoms with Gasteiger partial charge in [-0.3, -0.25) is 0 Å². The van der Waals surface area contributed by atoms with Crippen molar-refractivity contribution in [2.45, 2.75) is 38.1 Å². The highest BCUT2D eigenvalue weighted by Crippen LogP contribution is 2.39. The van der Waals surface area contributed by atoms with Crippen LogP contribution >= 0.6 is 0 Å². The summed E-state index contributed by atoms with van der Waals surface area (Å²) in [5, 5.41) is 13.4. The summed E-state index contributed by atoms with van der Waals surface area (Å²) in [6, 6.07) is -2.50. The second-order valence-corrected chi connectivity index (χ2v) is 7.92. The average molecular weight is 485 g/mol. The lowest BCUT2D eigenvalue weighted by Crippen LogP contribution is -2.40. The molecule has 0 unspecified atom stereocenters. The molecule has 1 saturated heterocycles. The third-order valence-electron chi connectivity index (χ3n) is 5.50. The maximum absolute atomic E-state index is 14.0. The van der Waals surface area contributed by atoms with E-state index in [-0.39, 0.29) is 22.7 Å². The van der Waals surface area contributed by atoms with E-state index >= 15 is 0 Å². The van der Waals surface area contributed by atoms with Crippen LogP contribution in [0.25, 0.3) is 11.0 Å². The molecule has 1 aliphatic heterocycles. The fraction of sp³-hybridized carbons (Fsp3) is 0.381. The molecule has 4 rings (SSSR count). The first-order valence-electron chi connectivity index (χ1n) is 10.3. The lowest BCUT2D eigenvalue weighted by atomic mass is 10.1. The zero-order valence-electron chi connectivity index (χ0n) is 17.8. The van der Waals surface area contributed by atoms with E-state index in [4.69, 9.17) is 4.42 Å². The molecule has 1 atom stereocenters. The molecule has 182 valence electrons. The highest BCUT2D eigenvalue weighted by molar-refractivity contribution is 5.89. The number of piperidine rings is 1. The first kappa shape index (κ1) is 23.7. The van der Waals surface area contributed by atoms with Crippen LogP contribution < -0.4 is 15.5 Å². The number of hydrogen-bond donors (Lipinski definition) is 3. The molecule has 0 saturated carbocycles. The summed E-state index contributed by atoms with van der Waals surface area (Å²) in [4.78, 5) is 22.4. The molecule has 1 aromatic carbocycles. The van der Waals surface area contributed by atoms with Crippen LogP contribution in [0.15, 0.2) is 28.9 Å². The third kappa shape index (κ3) is 4.88. The number of aryl methyl sites for hydroxylation is 1. The maximum Gasteiger partial charge on any atom is 0.416 e. The molecule has 3 N–H and O–H groups in total. The first-order valence-corrected chi connectivity index (χ1v) is 10.3. The number of furan rings is 1. The van der Waals surface area contributed by atoms with E-state index in [0.29, 0.717) is 37.9 Å². The van der Waals surface area contributed by atoms with Crippen molar-refractivity contribution in [3.05, 3.63) is 47.5 Å². The van der Waals surface area contributed by atoms with E-state index in [9.17, 15) is 31.9 Å². The number of alkyl halides is 3. The van der Waals surface area contributed by atoms with Crippen LogP contribution in [0.5, 0.6) is 0 Å². The highest BCUT2D eigenvalue weighted by Gasteiger charge is 2.45. The number of urea groups is 1. The lowest BCUT2D eigenvalue weighted by molar-refractivity contribution is -0.158. The lowest BCUT2D eigenvalue weighted by Gasteiger charge is -2.29. The van der Waals surface area contributed by atoms with E-state index in [0.717, 1.165) is 6.07 Å². The number of fused-ring (bicyclic) bond motifs is 1. The van der Waals surface area contributed by atoms with E-state index < -0.39 is 41.2 Å². The normalized spacial score (nSPS) is 16.0. The number of rotatable bonds is 4. The van der Waals surface area contributed by atoms with Crippen molar-refractivity contribution in [1.82, 2.24) is 15.3 Å². The Morgan fingerprint density at radius 2 is 1.85 bits per heavy atom. The second kappa shape index (κ2) is 9.05. The van der Waals surface area contributed by atoms with Gasteiger partial charge >= 0.3 is 12.2 Å². The number of aromatic nitrogens is 2. The third-order valence-corrected chi connectivity index (χ3v) is 5.50. The van der Waals surface area contributed by atoms with Gasteiger partial charge in [0, 0.05) is 30.1 Å². The van der Waals surface area contributed by atoms with Gasteiger partial charge in [0.2, 0.25) is 5.95 Å². The Balaban J connectivity index is 1.50. The van der Waals surface area contributed by atoms with E-state index in [1.807, 2.05) is 4.90 Å². The number of anilines is 2. The van der Waals surface area contributed by atoms with E-state index in [1.54, 1.807) is 5.32 Å². The summed E-state index contributed by atoms with van der Waals surface area (Å²) in [7, 11) is 0. The zero-order chi connectivity index (χ0) is 24.6. The summed E-state index contributed by atoms with van der Waals surface area (Å²) in [6.45, 7) is 2.30. The maximum atomic E-state index is 14.0. The summed E-state index contributed by atoms with van der Waals surface area (Å²) in [5.74, 6) is -2.53. The molecule has 1 aliphatic rings. The number of carbonyl (C=O) groups excluding carboxylic acids is 1. The average Bonchev–Trinajstić information content (AvgIpc) is 3.09. The summed E-state index contributed by atoms with van der Waals surface area (Å²) < 4.78 is 73.9. The summed E-state index contributed by atoms with van der Waals surface area (Å²) in [5.41, 5.74) is -0.663. The van der Waals surface area contributed by atoms with Gasteiger partial charge in [0.15, 0.2) is 17.4 Å². The first-order chi connectivity index (χ1) is 16.0. The standard InChI is InChI=1S/C21H20F5N5O3/c1-10-14-6-11(22)7-15(23)17(14)34-16(10)18(21(24,25)26)30-20(33)29-12-8-27-19(28-9-12)31-4-2-13(32)3-5-31/h6-9,13,18,32H,2-5H2,1H3,(H2,29,30,33)/t18-/m0/s1. The van der Waals surface area contributed by atoms with Gasteiger partial charge in [-0.15, -0.1) is 0 Å². The molecule has 0 radical (unpaired) electrons. The quantitative estimate of drug-likeness (QED) is 0.479. The molecule has 13 heteroatoms. The van der Waals surface area contributed by atoms with Crippen LogP contribution in [0.3, 0.4) is 0 Å². The van der Waals surface area contributed by atoms with Gasteiger partial charge in [0.1, 0.15) is 11.6 Å². The Kier molecular flexibility index (Phi) is 6.30. The van der Waals surface area contributed by atoms with Crippen molar-refractivity contribution < 1.29 is 36.3 Å². The van der Waals surface area contributed by atoms with Gasteiger partial charge in [-0.1, -0.05) is 0 Å². The van der Waals surface area contributed by atoms with Crippen LogP contribution in [0.1, 0.15) is 30.2 Å². The smallest absolute Gasteiger partial charge is 0.416 e. The number of nitrogens with one attached hydrogen (secondary N) is 2. The van der Waals surface area contributed by atoms with Gasteiger partial charge in [0.05, 0.1) is 24.2 Å². The number of aliphatic hydroxyl groups is 1. The molecular formula is C21H20F5N5O3. The number of amides is 2. The molecule has 3 aromatic rings. The number of hydrogen-bond acceptors (Lipinski definition) is 6. The minimum atomic E-state index is -5.00. The van der Waals surface area contributed by atoms with E-state index in [2.05, 4.69) is 15.3 Å². The van der Waals surface area contributed by atoms with Gasteiger partial charge in [-0.05, 0) is 25.8 Å². The molecule has 2 aromatic heterocycles. The van der Waals surface area contributed by atoms with Crippen molar-refractivity contribution in [3.8, 4) is 0 Å². The Morgan fingerprint density at radius 1 is 1.21 bits per heavy atom. The number of nitrogens with zero attached hydrogens (tertiary/aromatic N) is 3. The van der Waals surface area contributed by atoms with Gasteiger partial charge in [0.25, 0.3) is 0 Å². The molecule has 3 heterocycles. The molecule has 0 aliphatic carbocycles. The summed E-state index contributed by atoms with van der Waals surface area (Å²) in [6.07, 6.45) is -1.79. The molecule has 0 spiro atoms. The fourth-order valence-electron chi connectivity index (χ4n) is 3.75. The predicted molar refractivity (Wildman–Crippen MR) is 111 cm³/mol. The van der Waals surface area contributed by atoms with Gasteiger partial charge in [-0.2, -0.15) is 13.2 Å². The van der Waals surface area contributed by atoms with E-state index in [1.165, 1.54) is 19.3 Å². The fourth-order valence-corrected chi connectivity index (χ4v) is 3.75. The van der Waals surface area contributed by atoms with Crippen LogP contribution in [0.2, 0.25) is 0 Å². The molecule has 34 heavy (non-hydrogen) atoms. The van der Waals surface area contributed by atoms with Crippen LogP contribution in [-0.4, -0.2) is 46.5 Å². The number of aliphatic hydroxyl groups excluding tert-OH is 1. The van der Waals surface area contributed by atoms with Crippen LogP contribution in [0.4, 0.5) is 38.4 Å². The molecule has 2 amide bonds. The Hall–Kier alpha value is -3.48. The van der Waals surface area contributed by atoms with Gasteiger partial charge in [-0.25, -0.2) is 23.5 Å². The Bertz CT molecular complexity index is 1190. The van der Waals surface area contributed by atoms with Crippen molar-refractivity contribution in [2.75, 3.05) is 23.3 Å². The molecule has 1 fully saturated rings. The molecular weight excluding hydrogens is 465 g/mol. The SMILES string of the molecule is Cc1c([C@H](NC(=O)Nc2cnc(N3CCC(O)CC3)nc2)C(F)(F)F)oc2c(F)cc(F)cc12. The second-order valence-electron chi connectivity index (χ2n) is 7.92. The minimum Gasteiger partial charge on any atom is -0.455 e. The van der Waals surface area contributed by atoms with Crippen molar-refractivity contribution in [2.24, 2.45) is 0 Å². The minimum absolute atomic E-state index is 0.0358.